The number of hydrogen-bond acceptors (Lipinski definition) is 4. The van der Waals surface area contributed by atoms with Gasteiger partial charge in [-0.15, -0.1) is 35.3 Å². The highest BCUT2D eigenvalue weighted by atomic mass is 127. The molecule has 1 aliphatic rings. The van der Waals surface area contributed by atoms with Gasteiger partial charge in [-0.1, -0.05) is 11.6 Å². The molecule has 1 aromatic heterocycles. The minimum Gasteiger partial charge on any atom is -0.396 e. The first kappa shape index (κ1) is 22.0. The lowest BCUT2D eigenvalue weighted by Crippen LogP contribution is -2.39. The standard InChI is InChI=1S/C16H26ClN3O2S.HI/c1-2-18-15(19-8-5-13-3-4-14(17)23-13)20-11-16(6-9-21)7-10-22-12-16;/h3-4,21H,2,5-12H2,1H3,(H2,18,19,20);1H. The van der Waals surface area contributed by atoms with Gasteiger partial charge in [-0.25, -0.2) is 0 Å². The topological polar surface area (TPSA) is 65.9 Å². The number of nitrogens with one attached hydrogen (secondary N) is 2. The largest absolute Gasteiger partial charge is 0.396 e. The van der Waals surface area contributed by atoms with Crippen LogP contribution >= 0.6 is 46.9 Å². The summed E-state index contributed by atoms with van der Waals surface area (Å²) in [6, 6.07) is 3.99. The number of halogens is 2. The number of ether oxygens (including phenoxy) is 1. The number of guanidine groups is 1. The average Bonchev–Trinajstić information content (AvgIpc) is 3.15. The van der Waals surface area contributed by atoms with Gasteiger partial charge in [0, 0.05) is 36.6 Å². The van der Waals surface area contributed by atoms with E-state index in [4.69, 9.17) is 21.3 Å². The Morgan fingerprint density at radius 1 is 1.46 bits per heavy atom. The van der Waals surface area contributed by atoms with Gasteiger partial charge in [0.2, 0.25) is 0 Å². The van der Waals surface area contributed by atoms with Gasteiger partial charge in [-0.05, 0) is 38.3 Å². The third-order valence-electron chi connectivity index (χ3n) is 4.04. The van der Waals surface area contributed by atoms with E-state index in [0.29, 0.717) is 13.2 Å². The minimum atomic E-state index is -0.0155. The zero-order valence-electron chi connectivity index (χ0n) is 14.0. The predicted octanol–water partition coefficient (Wildman–Crippen LogP) is 2.91. The molecule has 3 N–H and O–H groups in total. The van der Waals surface area contributed by atoms with E-state index in [1.54, 1.807) is 11.3 Å². The molecule has 1 fully saturated rings. The number of aliphatic imine (C=N–C) groups is 1. The molecule has 0 radical (unpaired) electrons. The van der Waals surface area contributed by atoms with Crippen molar-refractivity contribution in [3.05, 3.63) is 21.3 Å². The van der Waals surface area contributed by atoms with Crippen LogP contribution < -0.4 is 10.6 Å². The van der Waals surface area contributed by atoms with Crippen LogP contribution in [0, 0.1) is 5.41 Å². The summed E-state index contributed by atoms with van der Waals surface area (Å²) in [6.45, 7) is 5.99. The summed E-state index contributed by atoms with van der Waals surface area (Å²) >= 11 is 7.56. The maximum Gasteiger partial charge on any atom is 0.191 e. The molecular weight excluding hydrogens is 461 g/mol. The minimum absolute atomic E-state index is 0. The van der Waals surface area contributed by atoms with E-state index in [-0.39, 0.29) is 36.0 Å². The van der Waals surface area contributed by atoms with Crippen molar-refractivity contribution in [2.45, 2.75) is 26.2 Å². The number of aliphatic hydroxyl groups excluding tert-OH is 1. The fourth-order valence-electron chi connectivity index (χ4n) is 2.67. The molecule has 138 valence electrons. The lowest BCUT2D eigenvalue weighted by atomic mass is 9.84. The number of thiophene rings is 1. The number of nitrogens with zero attached hydrogens (tertiary/aromatic N) is 1. The maximum atomic E-state index is 9.29. The third kappa shape index (κ3) is 7.03. The van der Waals surface area contributed by atoms with Gasteiger partial charge in [-0.3, -0.25) is 4.99 Å². The van der Waals surface area contributed by atoms with Gasteiger partial charge in [0.15, 0.2) is 5.96 Å². The van der Waals surface area contributed by atoms with Crippen molar-refractivity contribution in [3.63, 3.8) is 0 Å². The Labute approximate surface area is 170 Å². The lowest BCUT2D eigenvalue weighted by Gasteiger charge is -2.24. The Bertz CT molecular complexity index is 507. The highest BCUT2D eigenvalue weighted by molar-refractivity contribution is 14.0. The van der Waals surface area contributed by atoms with Crippen molar-refractivity contribution >= 4 is 52.9 Å². The summed E-state index contributed by atoms with van der Waals surface area (Å²) < 4.78 is 6.34. The van der Waals surface area contributed by atoms with E-state index in [0.717, 1.165) is 49.3 Å². The monoisotopic (exact) mass is 487 g/mol. The van der Waals surface area contributed by atoms with Crippen molar-refractivity contribution in [2.24, 2.45) is 10.4 Å². The van der Waals surface area contributed by atoms with Crippen molar-refractivity contribution in [1.82, 2.24) is 10.6 Å². The molecule has 1 atom stereocenters. The van der Waals surface area contributed by atoms with Gasteiger partial charge in [0.25, 0.3) is 0 Å². The van der Waals surface area contributed by atoms with E-state index in [2.05, 4.69) is 23.6 Å². The van der Waals surface area contributed by atoms with E-state index >= 15 is 0 Å². The molecular formula is C16H27ClIN3O2S. The van der Waals surface area contributed by atoms with Crippen LogP contribution in [-0.4, -0.2) is 50.5 Å². The van der Waals surface area contributed by atoms with Crippen LogP contribution in [0.25, 0.3) is 0 Å². The van der Waals surface area contributed by atoms with Crippen LogP contribution in [0.5, 0.6) is 0 Å². The van der Waals surface area contributed by atoms with E-state index in [9.17, 15) is 5.11 Å². The van der Waals surface area contributed by atoms with Crippen LogP contribution in [0.15, 0.2) is 17.1 Å². The predicted molar refractivity (Wildman–Crippen MR) is 112 cm³/mol. The van der Waals surface area contributed by atoms with E-state index in [1.807, 2.05) is 6.07 Å². The van der Waals surface area contributed by atoms with Crippen LogP contribution in [0.3, 0.4) is 0 Å². The number of aliphatic hydroxyl groups is 1. The first-order chi connectivity index (χ1) is 11.2. The fourth-order valence-corrected chi connectivity index (χ4v) is 3.75. The molecule has 0 aliphatic carbocycles. The van der Waals surface area contributed by atoms with E-state index < -0.39 is 0 Å². The van der Waals surface area contributed by atoms with Gasteiger partial charge in [-0.2, -0.15) is 0 Å². The zero-order chi connectivity index (χ0) is 16.5. The molecule has 1 aliphatic heterocycles. The number of rotatable bonds is 8. The highest BCUT2D eigenvalue weighted by Gasteiger charge is 2.34. The van der Waals surface area contributed by atoms with Crippen molar-refractivity contribution < 1.29 is 9.84 Å². The first-order valence-corrected chi connectivity index (χ1v) is 9.32. The SMILES string of the molecule is CCNC(=NCC1(CCO)CCOC1)NCCc1ccc(Cl)s1.I. The van der Waals surface area contributed by atoms with Crippen LogP contribution in [-0.2, 0) is 11.2 Å². The van der Waals surface area contributed by atoms with Crippen molar-refractivity contribution in [1.29, 1.82) is 0 Å². The zero-order valence-corrected chi connectivity index (χ0v) is 17.9. The summed E-state index contributed by atoms with van der Waals surface area (Å²) in [5, 5.41) is 15.9. The van der Waals surface area contributed by atoms with Gasteiger partial charge in [0.1, 0.15) is 0 Å². The smallest absolute Gasteiger partial charge is 0.191 e. The summed E-state index contributed by atoms with van der Waals surface area (Å²) in [7, 11) is 0. The Balaban J connectivity index is 0.00000288. The highest BCUT2D eigenvalue weighted by Crippen LogP contribution is 2.32. The molecule has 8 heteroatoms. The molecule has 2 rings (SSSR count). The van der Waals surface area contributed by atoms with Crippen LogP contribution in [0.4, 0.5) is 0 Å². The third-order valence-corrected chi connectivity index (χ3v) is 5.33. The van der Waals surface area contributed by atoms with Crippen LogP contribution in [0.1, 0.15) is 24.6 Å². The van der Waals surface area contributed by atoms with Gasteiger partial charge < -0.3 is 20.5 Å². The molecule has 24 heavy (non-hydrogen) atoms. The normalized spacial score (nSPS) is 20.7. The molecule has 0 bridgehead atoms. The summed E-state index contributed by atoms with van der Waals surface area (Å²) in [5.74, 6) is 0.819. The molecule has 1 saturated heterocycles. The van der Waals surface area contributed by atoms with Gasteiger partial charge >= 0.3 is 0 Å². The Morgan fingerprint density at radius 2 is 2.29 bits per heavy atom. The average molecular weight is 488 g/mol. The second kappa shape index (κ2) is 11.5. The second-order valence-electron chi connectivity index (χ2n) is 5.85. The second-order valence-corrected chi connectivity index (χ2v) is 7.65. The summed E-state index contributed by atoms with van der Waals surface area (Å²) in [4.78, 5) is 5.97. The Hall–Kier alpha value is -0.0900. The molecule has 0 amide bonds. The molecule has 0 aromatic carbocycles. The summed E-state index contributed by atoms with van der Waals surface area (Å²) in [5.41, 5.74) is -0.0155. The summed E-state index contributed by atoms with van der Waals surface area (Å²) in [6.07, 6.45) is 2.63. The molecule has 0 saturated carbocycles. The lowest BCUT2D eigenvalue weighted by molar-refractivity contribution is 0.131. The quantitative estimate of drug-likeness (QED) is 0.300. The number of hydrogen-bond donors (Lipinski definition) is 3. The fraction of sp³-hybridized carbons (Fsp3) is 0.688. The molecule has 1 unspecified atom stereocenters. The molecule has 2 heterocycles. The van der Waals surface area contributed by atoms with Gasteiger partial charge in [0.05, 0.1) is 17.5 Å². The first-order valence-electron chi connectivity index (χ1n) is 8.12. The molecule has 0 spiro atoms. The molecule has 1 aromatic rings. The maximum absolute atomic E-state index is 9.29. The Morgan fingerprint density at radius 3 is 2.88 bits per heavy atom. The van der Waals surface area contributed by atoms with Crippen molar-refractivity contribution in [3.8, 4) is 0 Å². The van der Waals surface area contributed by atoms with Crippen molar-refractivity contribution in [2.75, 3.05) is 39.5 Å². The Kier molecular flexibility index (Phi) is 10.5. The van der Waals surface area contributed by atoms with Crippen LogP contribution in [0.2, 0.25) is 4.34 Å². The molecule has 5 nitrogen and oxygen atoms in total. The van der Waals surface area contributed by atoms with E-state index in [1.165, 1.54) is 4.88 Å².